The number of hydrogen-bond acceptors (Lipinski definition) is 7. The van der Waals surface area contributed by atoms with E-state index in [2.05, 4.69) is 20.4 Å². The third-order valence-corrected chi connectivity index (χ3v) is 6.89. The molecule has 2 N–H and O–H groups in total. The number of ether oxygens (including phenoxy) is 1. The molecular formula is C26H30F3N5O5. The third-order valence-electron chi connectivity index (χ3n) is 6.89. The second kappa shape index (κ2) is 12.3. The van der Waals surface area contributed by atoms with Crippen LogP contribution in [0.1, 0.15) is 56.8 Å². The number of nitrogens with one attached hydrogen (secondary N) is 1. The zero-order valence-corrected chi connectivity index (χ0v) is 21.4. The van der Waals surface area contributed by atoms with Crippen molar-refractivity contribution in [2.45, 2.75) is 63.1 Å². The highest BCUT2D eigenvalue weighted by atomic mass is 19.4. The fourth-order valence-electron chi connectivity index (χ4n) is 4.78. The molecule has 0 bridgehead atoms. The van der Waals surface area contributed by atoms with Crippen LogP contribution < -0.4 is 10.1 Å². The maximum atomic E-state index is 12.6. The molecule has 5 rings (SSSR count). The Morgan fingerprint density at radius 3 is 2.38 bits per heavy atom. The van der Waals surface area contributed by atoms with Crippen molar-refractivity contribution in [1.82, 2.24) is 25.3 Å². The number of fused-ring (bicyclic) bond motifs is 1. The van der Waals surface area contributed by atoms with Crippen molar-refractivity contribution >= 4 is 22.9 Å². The van der Waals surface area contributed by atoms with Gasteiger partial charge in [0, 0.05) is 30.4 Å². The zero-order chi connectivity index (χ0) is 28.0. The Morgan fingerprint density at radius 1 is 1.05 bits per heavy atom. The number of methoxy groups -OCH3 is 1. The van der Waals surface area contributed by atoms with E-state index in [0.717, 1.165) is 42.3 Å². The first-order valence-electron chi connectivity index (χ1n) is 12.8. The van der Waals surface area contributed by atoms with Crippen LogP contribution in [0.5, 0.6) is 5.75 Å². The Morgan fingerprint density at radius 2 is 1.74 bits per heavy atom. The number of alkyl halides is 3. The molecule has 3 heterocycles. The number of aliphatic carboxylic acids is 1. The van der Waals surface area contributed by atoms with E-state index in [0.29, 0.717) is 36.5 Å². The van der Waals surface area contributed by atoms with E-state index in [1.54, 1.807) is 7.11 Å². The average Bonchev–Trinajstić information content (AvgIpc) is 3.43. The van der Waals surface area contributed by atoms with Crippen molar-refractivity contribution in [3.8, 4) is 17.3 Å². The van der Waals surface area contributed by atoms with Gasteiger partial charge in [-0.2, -0.15) is 18.2 Å². The first kappa shape index (κ1) is 28.1. The molecule has 39 heavy (non-hydrogen) atoms. The highest BCUT2D eigenvalue weighted by Crippen LogP contribution is 2.30. The lowest BCUT2D eigenvalue weighted by Crippen LogP contribution is -2.48. The number of rotatable bonds is 4. The van der Waals surface area contributed by atoms with E-state index < -0.39 is 12.1 Å². The van der Waals surface area contributed by atoms with Gasteiger partial charge in [0.25, 0.3) is 0 Å². The van der Waals surface area contributed by atoms with Gasteiger partial charge in [0.2, 0.25) is 11.7 Å². The molecule has 0 radical (unpaired) electrons. The molecule has 1 aliphatic heterocycles. The first-order chi connectivity index (χ1) is 18.7. The second-order valence-corrected chi connectivity index (χ2v) is 9.53. The number of carboxylic acid groups (broad SMARTS) is 1. The molecule has 1 aliphatic carbocycles. The van der Waals surface area contributed by atoms with E-state index in [9.17, 15) is 18.0 Å². The highest BCUT2D eigenvalue weighted by molar-refractivity contribution is 5.86. The lowest BCUT2D eigenvalue weighted by atomic mass is 9.95. The number of halogens is 3. The molecule has 0 unspecified atom stereocenters. The Balaban J connectivity index is 0.000000448. The Hall–Kier alpha value is -3.90. The molecule has 1 aromatic carbocycles. The summed E-state index contributed by atoms with van der Waals surface area (Å²) in [6, 6.07) is 10.0. The SMILES string of the molecule is COc1cccc2nc(-c3noc(C4CCN(C(=O)NC5CCCCC5)CC4)n3)ccc12.O=C(O)C(F)(F)F. The summed E-state index contributed by atoms with van der Waals surface area (Å²) < 4.78 is 42.7. The van der Waals surface area contributed by atoms with Gasteiger partial charge in [-0.3, -0.25) is 0 Å². The topological polar surface area (TPSA) is 131 Å². The van der Waals surface area contributed by atoms with Gasteiger partial charge in [-0.15, -0.1) is 0 Å². The van der Waals surface area contributed by atoms with Crippen molar-refractivity contribution in [3.05, 3.63) is 36.2 Å². The normalized spacial score (nSPS) is 16.9. The number of piperidine rings is 1. The first-order valence-corrected chi connectivity index (χ1v) is 12.8. The van der Waals surface area contributed by atoms with Gasteiger partial charge >= 0.3 is 18.2 Å². The number of carbonyl (C=O) groups is 2. The molecule has 2 aromatic heterocycles. The molecule has 1 saturated carbocycles. The summed E-state index contributed by atoms with van der Waals surface area (Å²) in [5.41, 5.74) is 1.50. The number of hydrogen-bond donors (Lipinski definition) is 2. The van der Waals surface area contributed by atoms with Crippen LogP contribution in [0.15, 0.2) is 34.9 Å². The van der Waals surface area contributed by atoms with E-state index >= 15 is 0 Å². The summed E-state index contributed by atoms with van der Waals surface area (Å²) in [4.78, 5) is 32.7. The van der Waals surface area contributed by atoms with E-state index in [1.807, 2.05) is 35.2 Å². The monoisotopic (exact) mass is 549 g/mol. The lowest BCUT2D eigenvalue weighted by Gasteiger charge is -2.32. The Bertz CT molecular complexity index is 1280. The average molecular weight is 550 g/mol. The molecule has 13 heteroatoms. The minimum atomic E-state index is -5.08. The van der Waals surface area contributed by atoms with E-state index in [-0.39, 0.29) is 11.9 Å². The van der Waals surface area contributed by atoms with E-state index in [1.165, 1.54) is 19.3 Å². The molecule has 3 aromatic rings. The zero-order valence-electron chi connectivity index (χ0n) is 21.4. The molecule has 10 nitrogen and oxygen atoms in total. The van der Waals surface area contributed by atoms with Crippen molar-refractivity contribution in [1.29, 1.82) is 0 Å². The Labute approximate surface area is 222 Å². The van der Waals surface area contributed by atoms with Crippen LogP contribution in [0, 0.1) is 0 Å². The molecule has 2 amide bonds. The second-order valence-electron chi connectivity index (χ2n) is 9.53. The fraction of sp³-hybridized carbons (Fsp3) is 0.500. The van der Waals surface area contributed by atoms with Gasteiger partial charge in [-0.05, 0) is 49.9 Å². The number of pyridine rings is 1. The molecule has 2 fully saturated rings. The number of carboxylic acids is 1. The van der Waals surface area contributed by atoms with Gasteiger partial charge in [-0.25, -0.2) is 14.6 Å². The third kappa shape index (κ3) is 7.15. The van der Waals surface area contributed by atoms with Crippen LogP contribution in [-0.2, 0) is 4.79 Å². The van der Waals surface area contributed by atoms with Crippen LogP contribution in [0.25, 0.3) is 22.4 Å². The predicted octanol–water partition coefficient (Wildman–Crippen LogP) is 5.15. The maximum Gasteiger partial charge on any atom is 0.490 e. The van der Waals surface area contributed by atoms with Crippen molar-refractivity contribution < 1.29 is 37.1 Å². The quantitative estimate of drug-likeness (QED) is 0.457. The molecule has 0 spiro atoms. The minimum absolute atomic E-state index is 0.0670. The predicted molar refractivity (Wildman–Crippen MR) is 134 cm³/mol. The van der Waals surface area contributed by atoms with Crippen LogP contribution in [0.2, 0.25) is 0 Å². The van der Waals surface area contributed by atoms with Crippen molar-refractivity contribution in [3.63, 3.8) is 0 Å². The standard InChI is InChI=1S/C24H29N5O3.C2HF3O2/c1-31-21-9-5-8-19-18(21)10-11-20(26-19)22-27-23(32-28-22)16-12-14-29(15-13-16)24(30)25-17-6-3-2-4-7-17;3-2(4,5)1(6)7/h5,8-11,16-17H,2-4,6-7,12-15H2,1H3,(H,25,30);(H,6,7). The van der Waals surface area contributed by atoms with Crippen molar-refractivity contribution in [2.75, 3.05) is 20.2 Å². The summed E-state index contributed by atoms with van der Waals surface area (Å²) >= 11 is 0. The van der Waals surface area contributed by atoms with Gasteiger partial charge < -0.3 is 24.6 Å². The van der Waals surface area contributed by atoms with Gasteiger partial charge in [0.1, 0.15) is 11.4 Å². The maximum absolute atomic E-state index is 12.6. The summed E-state index contributed by atoms with van der Waals surface area (Å²) in [5, 5.41) is 15.5. The summed E-state index contributed by atoms with van der Waals surface area (Å²) in [5.74, 6) is -0.695. The summed E-state index contributed by atoms with van der Waals surface area (Å²) in [6.45, 7) is 1.41. The number of likely N-dealkylation sites (tertiary alicyclic amines) is 1. The molecular weight excluding hydrogens is 519 g/mol. The van der Waals surface area contributed by atoms with Crippen LogP contribution >= 0.6 is 0 Å². The van der Waals surface area contributed by atoms with Gasteiger partial charge in [-0.1, -0.05) is 30.5 Å². The molecule has 210 valence electrons. The van der Waals surface area contributed by atoms with E-state index in [4.69, 9.17) is 19.2 Å². The minimum Gasteiger partial charge on any atom is -0.496 e. The van der Waals surface area contributed by atoms with Crippen LogP contribution in [0.3, 0.4) is 0 Å². The number of urea groups is 1. The number of carbonyl (C=O) groups excluding carboxylic acids is 1. The van der Waals surface area contributed by atoms with Crippen LogP contribution in [-0.4, -0.2) is 69.5 Å². The lowest BCUT2D eigenvalue weighted by molar-refractivity contribution is -0.192. The fourth-order valence-corrected chi connectivity index (χ4v) is 4.78. The highest BCUT2D eigenvalue weighted by Gasteiger charge is 2.38. The summed E-state index contributed by atoms with van der Waals surface area (Å²) in [7, 11) is 1.65. The Kier molecular flexibility index (Phi) is 8.87. The molecule has 0 atom stereocenters. The molecule has 1 saturated heterocycles. The summed E-state index contributed by atoms with van der Waals surface area (Å²) in [6.07, 6.45) is 2.47. The van der Waals surface area contributed by atoms with Gasteiger partial charge in [0.15, 0.2) is 0 Å². The van der Waals surface area contributed by atoms with Crippen molar-refractivity contribution in [2.24, 2.45) is 0 Å². The number of amides is 2. The smallest absolute Gasteiger partial charge is 0.490 e. The number of aromatic nitrogens is 3. The number of benzene rings is 1. The van der Waals surface area contributed by atoms with Gasteiger partial charge in [0.05, 0.1) is 12.6 Å². The largest absolute Gasteiger partial charge is 0.496 e. The van der Waals surface area contributed by atoms with Crippen LogP contribution in [0.4, 0.5) is 18.0 Å². The molecule has 2 aliphatic rings. The number of nitrogens with zero attached hydrogens (tertiary/aromatic N) is 4.